The van der Waals surface area contributed by atoms with Crippen LogP contribution in [0, 0.1) is 11.7 Å². The van der Waals surface area contributed by atoms with E-state index in [0.717, 1.165) is 37.9 Å². The van der Waals surface area contributed by atoms with Gasteiger partial charge in [0.15, 0.2) is 0 Å². The maximum Gasteiger partial charge on any atom is 0.317 e. The molecule has 0 radical (unpaired) electrons. The van der Waals surface area contributed by atoms with E-state index in [1.807, 2.05) is 17.0 Å². The fourth-order valence-electron chi connectivity index (χ4n) is 3.33. The molecule has 0 aliphatic carbocycles. The summed E-state index contributed by atoms with van der Waals surface area (Å²) in [6, 6.07) is 6.05. The second-order valence-electron chi connectivity index (χ2n) is 6.48. The number of hydrogen-bond acceptors (Lipinski definition) is 2. The molecule has 2 saturated heterocycles. The largest absolute Gasteiger partial charge is 0.341 e. The molecule has 0 spiro atoms. The minimum Gasteiger partial charge on any atom is -0.341 e. The first-order chi connectivity index (χ1) is 11.0. The number of piperidine rings is 1. The molecule has 1 aromatic carbocycles. The van der Waals surface area contributed by atoms with Crippen molar-refractivity contribution >= 4 is 11.9 Å². The van der Waals surface area contributed by atoms with Crippen molar-refractivity contribution in [3.05, 3.63) is 35.6 Å². The van der Waals surface area contributed by atoms with Gasteiger partial charge in [-0.15, -0.1) is 0 Å². The highest BCUT2D eigenvalue weighted by atomic mass is 19.1. The third-order valence-corrected chi connectivity index (χ3v) is 4.76. The Morgan fingerprint density at radius 3 is 2.48 bits per heavy atom. The van der Waals surface area contributed by atoms with Crippen molar-refractivity contribution in [1.29, 1.82) is 0 Å². The van der Waals surface area contributed by atoms with Gasteiger partial charge in [0.05, 0.1) is 6.54 Å². The van der Waals surface area contributed by atoms with Gasteiger partial charge in [0.1, 0.15) is 11.9 Å². The molecule has 124 valence electrons. The van der Waals surface area contributed by atoms with Crippen molar-refractivity contribution in [3.63, 3.8) is 0 Å². The lowest BCUT2D eigenvalue weighted by molar-refractivity contribution is -0.134. The zero-order valence-corrected chi connectivity index (χ0v) is 13.3. The van der Waals surface area contributed by atoms with E-state index in [0.29, 0.717) is 12.5 Å². The number of urea groups is 1. The lowest BCUT2D eigenvalue weighted by Crippen LogP contribution is -2.48. The van der Waals surface area contributed by atoms with E-state index < -0.39 is 6.04 Å². The number of rotatable bonds is 3. The van der Waals surface area contributed by atoms with Crippen LogP contribution < -0.4 is 5.32 Å². The Kier molecular flexibility index (Phi) is 4.50. The van der Waals surface area contributed by atoms with E-state index in [2.05, 4.69) is 5.32 Å². The second kappa shape index (κ2) is 6.56. The number of likely N-dealkylation sites (N-methyl/N-ethyl adjacent to an activating group) is 1. The van der Waals surface area contributed by atoms with Crippen LogP contribution in [0.1, 0.15) is 18.4 Å². The lowest BCUT2D eigenvalue weighted by Gasteiger charge is -2.33. The zero-order valence-electron chi connectivity index (χ0n) is 13.3. The first-order valence-electron chi connectivity index (χ1n) is 8.08. The fourth-order valence-corrected chi connectivity index (χ4v) is 3.33. The van der Waals surface area contributed by atoms with Crippen LogP contribution in [0.5, 0.6) is 0 Å². The Labute approximate surface area is 135 Å². The van der Waals surface area contributed by atoms with Crippen LogP contribution in [0.25, 0.3) is 0 Å². The normalized spacial score (nSPS) is 22.3. The summed E-state index contributed by atoms with van der Waals surface area (Å²) in [5.74, 6) is 0.325. The highest BCUT2D eigenvalue weighted by Crippen LogP contribution is 2.22. The van der Waals surface area contributed by atoms with E-state index >= 15 is 0 Å². The molecule has 3 amide bonds. The number of halogens is 1. The molecule has 1 aromatic rings. The minimum atomic E-state index is -0.416. The van der Waals surface area contributed by atoms with Gasteiger partial charge >= 0.3 is 6.03 Å². The summed E-state index contributed by atoms with van der Waals surface area (Å²) in [6.45, 7) is 1.88. The highest BCUT2D eigenvalue weighted by molar-refractivity contribution is 5.90. The first kappa shape index (κ1) is 15.8. The standard InChI is InChI=1S/C17H22FN3O2/c1-20-11-15(19-17(20)23)16(22)21-8-6-13(7-9-21)10-12-2-4-14(18)5-3-12/h2-5,13,15H,6-11H2,1H3,(H,19,23)/t15-/m1/s1. The Morgan fingerprint density at radius 2 is 1.91 bits per heavy atom. The molecule has 0 saturated carbocycles. The first-order valence-corrected chi connectivity index (χ1v) is 8.08. The number of hydrogen-bond donors (Lipinski definition) is 1. The highest BCUT2D eigenvalue weighted by Gasteiger charge is 2.35. The van der Waals surface area contributed by atoms with Crippen molar-refractivity contribution < 1.29 is 14.0 Å². The smallest absolute Gasteiger partial charge is 0.317 e. The third kappa shape index (κ3) is 3.63. The molecule has 0 bridgehead atoms. The number of amides is 3. The molecular formula is C17H22FN3O2. The van der Waals surface area contributed by atoms with Gasteiger partial charge in [0, 0.05) is 20.1 Å². The summed E-state index contributed by atoms with van der Waals surface area (Å²) in [5, 5.41) is 2.72. The van der Waals surface area contributed by atoms with Gasteiger partial charge < -0.3 is 15.1 Å². The molecule has 2 fully saturated rings. The predicted octanol–water partition coefficient (Wildman–Crippen LogP) is 1.63. The second-order valence-corrected chi connectivity index (χ2v) is 6.48. The average molecular weight is 319 g/mol. The molecule has 0 aromatic heterocycles. The Balaban J connectivity index is 1.49. The topological polar surface area (TPSA) is 52.7 Å². The van der Waals surface area contributed by atoms with Crippen LogP contribution in [0.2, 0.25) is 0 Å². The van der Waals surface area contributed by atoms with Crippen molar-refractivity contribution in [2.75, 3.05) is 26.7 Å². The third-order valence-electron chi connectivity index (χ3n) is 4.76. The molecule has 5 nitrogen and oxygen atoms in total. The summed E-state index contributed by atoms with van der Waals surface area (Å²) in [6.07, 6.45) is 2.81. The van der Waals surface area contributed by atoms with Crippen molar-refractivity contribution in [3.8, 4) is 0 Å². The number of likely N-dealkylation sites (tertiary alicyclic amines) is 1. The minimum absolute atomic E-state index is 0.0166. The molecule has 2 heterocycles. The number of nitrogens with zero attached hydrogens (tertiary/aromatic N) is 2. The molecule has 2 aliphatic rings. The van der Waals surface area contributed by atoms with Crippen LogP contribution in [-0.4, -0.2) is 54.5 Å². The fraction of sp³-hybridized carbons (Fsp3) is 0.529. The predicted molar refractivity (Wildman–Crippen MR) is 84.4 cm³/mol. The van der Waals surface area contributed by atoms with Crippen LogP contribution in [0.15, 0.2) is 24.3 Å². The van der Waals surface area contributed by atoms with Gasteiger partial charge in [-0.2, -0.15) is 0 Å². The maximum atomic E-state index is 12.9. The summed E-state index contributed by atoms with van der Waals surface area (Å²) in [7, 11) is 1.69. The molecule has 2 aliphatic heterocycles. The maximum absolute atomic E-state index is 12.9. The van der Waals surface area contributed by atoms with Gasteiger partial charge in [-0.1, -0.05) is 12.1 Å². The van der Waals surface area contributed by atoms with Gasteiger partial charge in [-0.25, -0.2) is 9.18 Å². The van der Waals surface area contributed by atoms with Gasteiger partial charge in [0.2, 0.25) is 5.91 Å². The van der Waals surface area contributed by atoms with Crippen LogP contribution in [0.4, 0.5) is 9.18 Å². The Bertz CT molecular complexity index is 582. The van der Waals surface area contributed by atoms with Crippen LogP contribution in [-0.2, 0) is 11.2 Å². The van der Waals surface area contributed by atoms with Gasteiger partial charge in [0.25, 0.3) is 0 Å². The average Bonchev–Trinajstić information content (AvgIpc) is 2.89. The van der Waals surface area contributed by atoms with Gasteiger partial charge in [-0.3, -0.25) is 4.79 Å². The summed E-state index contributed by atoms with van der Waals surface area (Å²) < 4.78 is 12.9. The van der Waals surface area contributed by atoms with Crippen molar-refractivity contribution in [2.45, 2.75) is 25.3 Å². The number of carbonyl (C=O) groups excluding carboxylic acids is 2. The summed E-state index contributed by atoms with van der Waals surface area (Å²) in [5.41, 5.74) is 1.14. The number of carbonyl (C=O) groups is 2. The molecule has 1 N–H and O–H groups in total. The van der Waals surface area contributed by atoms with E-state index in [4.69, 9.17) is 0 Å². The number of nitrogens with one attached hydrogen (secondary N) is 1. The molecule has 3 rings (SSSR count). The molecule has 0 unspecified atom stereocenters. The van der Waals surface area contributed by atoms with E-state index in [1.54, 1.807) is 7.05 Å². The Hall–Kier alpha value is -2.11. The summed E-state index contributed by atoms with van der Waals surface area (Å²) >= 11 is 0. The quantitative estimate of drug-likeness (QED) is 0.921. The molecular weight excluding hydrogens is 297 g/mol. The summed E-state index contributed by atoms with van der Waals surface area (Å²) in [4.78, 5) is 27.3. The van der Waals surface area contributed by atoms with E-state index in [1.165, 1.54) is 17.0 Å². The zero-order chi connectivity index (χ0) is 16.4. The molecule has 1 atom stereocenters. The van der Waals surface area contributed by atoms with Crippen LogP contribution in [0.3, 0.4) is 0 Å². The van der Waals surface area contributed by atoms with E-state index in [9.17, 15) is 14.0 Å². The van der Waals surface area contributed by atoms with Gasteiger partial charge in [-0.05, 0) is 42.9 Å². The molecule has 6 heteroatoms. The lowest BCUT2D eigenvalue weighted by atomic mass is 9.90. The van der Waals surface area contributed by atoms with Crippen molar-refractivity contribution in [1.82, 2.24) is 15.1 Å². The SMILES string of the molecule is CN1C[C@H](C(=O)N2CCC(Cc3ccc(F)cc3)CC2)NC1=O. The monoisotopic (exact) mass is 319 g/mol. The number of benzene rings is 1. The Morgan fingerprint density at radius 1 is 1.26 bits per heavy atom. The van der Waals surface area contributed by atoms with Crippen molar-refractivity contribution in [2.24, 2.45) is 5.92 Å². The van der Waals surface area contributed by atoms with E-state index in [-0.39, 0.29) is 17.8 Å². The molecule has 23 heavy (non-hydrogen) atoms. The van der Waals surface area contributed by atoms with Crippen LogP contribution >= 0.6 is 0 Å².